The predicted molar refractivity (Wildman–Crippen MR) is 79.4 cm³/mol. The molecule has 0 spiro atoms. The van der Waals surface area contributed by atoms with Crippen molar-refractivity contribution in [1.82, 2.24) is 9.55 Å². The summed E-state index contributed by atoms with van der Waals surface area (Å²) in [7, 11) is 0. The Labute approximate surface area is 114 Å². The molecule has 0 saturated carbocycles. The molecule has 1 aromatic heterocycles. The number of nitrogens with one attached hydrogen (secondary N) is 1. The number of para-hydroxylation sites is 2. The standard InChI is InChI=1S/C15H23N3O/c1-15(2,3)8-9-16-14-17-12-6-4-5-7-13(12)18(14)10-11-19/h4-7,19H,8-11H2,1-3H3,(H,16,17). The summed E-state index contributed by atoms with van der Waals surface area (Å²) >= 11 is 0. The summed E-state index contributed by atoms with van der Waals surface area (Å²) in [5, 5.41) is 12.6. The van der Waals surface area contributed by atoms with Crippen molar-refractivity contribution in [2.75, 3.05) is 18.5 Å². The van der Waals surface area contributed by atoms with Gasteiger partial charge in [0, 0.05) is 13.1 Å². The smallest absolute Gasteiger partial charge is 0.203 e. The zero-order valence-corrected chi connectivity index (χ0v) is 12.0. The van der Waals surface area contributed by atoms with Crippen LogP contribution in [-0.2, 0) is 6.54 Å². The van der Waals surface area contributed by atoms with Crippen molar-refractivity contribution in [3.8, 4) is 0 Å². The van der Waals surface area contributed by atoms with Crippen LogP contribution in [0, 0.1) is 5.41 Å². The van der Waals surface area contributed by atoms with Gasteiger partial charge in [-0.05, 0) is 24.0 Å². The summed E-state index contributed by atoms with van der Waals surface area (Å²) in [4.78, 5) is 4.59. The zero-order valence-electron chi connectivity index (χ0n) is 12.0. The van der Waals surface area contributed by atoms with Gasteiger partial charge in [-0.3, -0.25) is 0 Å². The quantitative estimate of drug-likeness (QED) is 0.870. The van der Waals surface area contributed by atoms with E-state index >= 15 is 0 Å². The van der Waals surface area contributed by atoms with Gasteiger partial charge in [0.1, 0.15) is 0 Å². The maximum absolute atomic E-state index is 9.20. The molecule has 0 aliphatic rings. The zero-order chi connectivity index (χ0) is 13.9. The van der Waals surface area contributed by atoms with Crippen LogP contribution in [0.25, 0.3) is 11.0 Å². The molecule has 0 unspecified atom stereocenters. The second-order valence-corrected chi connectivity index (χ2v) is 6.04. The van der Waals surface area contributed by atoms with Gasteiger partial charge in [0.2, 0.25) is 5.95 Å². The molecule has 4 heteroatoms. The third kappa shape index (κ3) is 3.47. The SMILES string of the molecule is CC(C)(C)CCNc1nc2ccccc2n1CCO. The Morgan fingerprint density at radius 3 is 2.68 bits per heavy atom. The fourth-order valence-electron chi connectivity index (χ4n) is 2.09. The van der Waals surface area contributed by atoms with E-state index in [1.807, 2.05) is 28.8 Å². The average molecular weight is 261 g/mol. The van der Waals surface area contributed by atoms with E-state index in [2.05, 4.69) is 31.1 Å². The number of hydrogen-bond acceptors (Lipinski definition) is 3. The molecule has 0 atom stereocenters. The van der Waals surface area contributed by atoms with Crippen LogP contribution in [-0.4, -0.2) is 27.8 Å². The highest BCUT2D eigenvalue weighted by molar-refractivity contribution is 5.78. The molecule has 1 heterocycles. The Morgan fingerprint density at radius 1 is 1.26 bits per heavy atom. The van der Waals surface area contributed by atoms with Gasteiger partial charge >= 0.3 is 0 Å². The van der Waals surface area contributed by atoms with Gasteiger partial charge in [-0.2, -0.15) is 0 Å². The van der Waals surface area contributed by atoms with Crippen molar-refractivity contribution in [1.29, 1.82) is 0 Å². The first kappa shape index (κ1) is 13.9. The topological polar surface area (TPSA) is 50.1 Å². The Kier molecular flexibility index (Phi) is 4.10. The third-order valence-electron chi connectivity index (χ3n) is 3.14. The first-order valence-electron chi connectivity index (χ1n) is 6.81. The Balaban J connectivity index is 2.19. The molecular weight excluding hydrogens is 238 g/mol. The molecule has 0 amide bonds. The van der Waals surface area contributed by atoms with Crippen LogP contribution < -0.4 is 5.32 Å². The Hall–Kier alpha value is -1.55. The maximum atomic E-state index is 9.20. The normalized spacial score (nSPS) is 12.0. The number of aliphatic hydroxyl groups excluding tert-OH is 1. The van der Waals surface area contributed by atoms with E-state index in [1.54, 1.807) is 0 Å². The van der Waals surface area contributed by atoms with Crippen molar-refractivity contribution in [3.63, 3.8) is 0 Å². The largest absolute Gasteiger partial charge is 0.395 e. The average Bonchev–Trinajstić information content (AvgIpc) is 2.67. The molecule has 4 nitrogen and oxygen atoms in total. The minimum absolute atomic E-state index is 0.119. The monoisotopic (exact) mass is 261 g/mol. The predicted octanol–water partition coefficient (Wildman–Crippen LogP) is 2.88. The molecule has 0 saturated heterocycles. The molecule has 0 aliphatic carbocycles. The molecular formula is C15H23N3O. The van der Waals surface area contributed by atoms with Gasteiger partial charge in [-0.15, -0.1) is 0 Å². The number of imidazole rings is 1. The van der Waals surface area contributed by atoms with Crippen molar-refractivity contribution in [2.45, 2.75) is 33.7 Å². The lowest BCUT2D eigenvalue weighted by molar-refractivity contribution is 0.278. The van der Waals surface area contributed by atoms with E-state index in [4.69, 9.17) is 0 Å². The lowest BCUT2D eigenvalue weighted by Gasteiger charge is -2.18. The number of rotatable bonds is 5. The summed E-state index contributed by atoms with van der Waals surface area (Å²) in [5.41, 5.74) is 2.34. The van der Waals surface area contributed by atoms with Crippen molar-refractivity contribution in [2.24, 2.45) is 5.41 Å². The van der Waals surface area contributed by atoms with E-state index < -0.39 is 0 Å². The van der Waals surface area contributed by atoms with Crippen LogP contribution in [0.5, 0.6) is 0 Å². The molecule has 19 heavy (non-hydrogen) atoms. The van der Waals surface area contributed by atoms with Gasteiger partial charge in [0.15, 0.2) is 0 Å². The molecule has 2 rings (SSSR count). The van der Waals surface area contributed by atoms with E-state index in [9.17, 15) is 5.11 Å². The fourth-order valence-corrected chi connectivity index (χ4v) is 2.09. The van der Waals surface area contributed by atoms with E-state index in [1.165, 1.54) is 0 Å². The van der Waals surface area contributed by atoms with Crippen molar-refractivity contribution in [3.05, 3.63) is 24.3 Å². The molecule has 2 aromatic rings. The highest BCUT2D eigenvalue weighted by Crippen LogP contribution is 2.21. The molecule has 2 N–H and O–H groups in total. The highest BCUT2D eigenvalue weighted by atomic mass is 16.3. The second kappa shape index (κ2) is 5.61. The molecule has 0 radical (unpaired) electrons. The number of aliphatic hydroxyl groups is 1. The molecule has 0 bridgehead atoms. The summed E-state index contributed by atoms with van der Waals surface area (Å²) in [6.45, 7) is 8.26. The number of hydrogen-bond donors (Lipinski definition) is 2. The third-order valence-corrected chi connectivity index (χ3v) is 3.14. The van der Waals surface area contributed by atoms with Crippen LogP contribution in [0.4, 0.5) is 5.95 Å². The lowest BCUT2D eigenvalue weighted by atomic mass is 9.92. The van der Waals surface area contributed by atoms with Gasteiger partial charge in [0.25, 0.3) is 0 Å². The Bertz CT molecular complexity index is 540. The molecule has 104 valence electrons. The van der Waals surface area contributed by atoms with Gasteiger partial charge in [-0.25, -0.2) is 4.98 Å². The van der Waals surface area contributed by atoms with E-state index in [-0.39, 0.29) is 6.61 Å². The number of aromatic nitrogens is 2. The Morgan fingerprint density at radius 2 is 2.00 bits per heavy atom. The minimum atomic E-state index is 0.119. The fraction of sp³-hybridized carbons (Fsp3) is 0.533. The first-order valence-corrected chi connectivity index (χ1v) is 6.81. The van der Waals surface area contributed by atoms with Crippen molar-refractivity contribution < 1.29 is 5.11 Å². The number of anilines is 1. The van der Waals surface area contributed by atoms with Crippen LogP contribution in [0.2, 0.25) is 0 Å². The lowest BCUT2D eigenvalue weighted by Crippen LogP contribution is -2.16. The highest BCUT2D eigenvalue weighted by Gasteiger charge is 2.12. The number of nitrogens with zero attached hydrogens (tertiary/aromatic N) is 2. The van der Waals surface area contributed by atoms with Crippen LogP contribution in [0.3, 0.4) is 0 Å². The molecule has 0 fully saturated rings. The summed E-state index contributed by atoms with van der Waals surface area (Å²) in [6.07, 6.45) is 1.08. The van der Waals surface area contributed by atoms with Gasteiger partial charge in [-0.1, -0.05) is 32.9 Å². The molecule has 0 aliphatic heterocycles. The second-order valence-electron chi connectivity index (χ2n) is 6.04. The summed E-state index contributed by atoms with van der Waals surface area (Å²) < 4.78 is 2.04. The maximum Gasteiger partial charge on any atom is 0.203 e. The summed E-state index contributed by atoms with van der Waals surface area (Å²) in [6, 6.07) is 8.01. The van der Waals surface area contributed by atoms with Crippen LogP contribution in [0.15, 0.2) is 24.3 Å². The summed E-state index contributed by atoms with van der Waals surface area (Å²) in [5.74, 6) is 0.847. The molecule has 1 aromatic carbocycles. The van der Waals surface area contributed by atoms with Crippen LogP contribution >= 0.6 is 0 Å². The van der Waals surface area contributed by atoms with E-state index in [0.29, 0.717) is 12.0 Å². The van der Waals surface area contributed by atoms with Crippen molar-refractivity contribution >= 4 is 17.0 Å². The van der Waals surface area contributed by atoms with Gasteiger partial charge < -0.3 is 15.0 Å². The van der Waals surface area contributed by atoms with Gasteiger partial charge in [0.05, 0.1) is 17.6 Å². The minimum Gasteiger partial charge on any atom is -0.395 e. The number of fused-ring (bicyclic) bond motifs is 1. The first-order chi connectivity index (χ1) is 9.01. The van der Waals surface area contributed by atoms with E-state index in [0.717, 1.165) is 29.9 Å². The van der Waals surface area contributed by atoms with Crippen LogP contribution in [0.1, 0.15) is 27.2 Å². The number of benzene rings is 1.